The van der Waals surface area contributed by atoms with E-state index in [2.05, 4.69) is 43.4 Å². The molecule has 0 aromatic carbocycles. The van der Waals surface area contributed by atoms with Crippen LogP contribution in [0.4, 0.5) is 0 Å². The molecule has 1 aliphatic heterocycles. The molecule has 0 aromatic rings. The molecule has 0 N–H and O–H groups in total. The molecule has 0 atom stereocenters. The average molecular weight is 248 g/mol. The van der Waals surface area contributed by atoms with E-state index in [0.29, 0.717) is 0 Å². The molecule has 18 heavy (non-hydrogen) atoms. The Morgan fingerprint density at radius 2 is 1.94 bits per heavy atom. The highest BCUT2D eigenvalue weighted by Gasteiger charge is 2.40. The van der Waals surface area contributed by atoms with Crippen LogP contribution in [-0.4, -0.2) is 47.6 Å². The molecule has 102 valence electrons. The van der Waals surface area contributed by atoms with E-state index in [9.17, 15) is 0 Å². The normalized spacial score (nSPS) is 33.1. The summed E-state index contributed by atoms with van der Waals surface area (Å²) in [6.07, 6.45) is 8.27. The Labute approximate surface area is 113 Å². The lowest BCUT2D eigenvalue weighted by atomic mass is 9.72. The maximum atomic E-state index is 5.46. The van der Waals surface area contributed by atoms with Gasteiger partial charge in [-0.2, -0.15) is 0 Å². The van der Waals surface area contributed by atoms with Gasteiger partial charge in [-0.15, -0.1) is 6.42 Å². The Bertz CT molecular complexity index is 320. The molecule has 0 aromatic heterocycles. The topological polar surface area (TPSA) is 6.48 Å². The zero-order valence-electron chi connectivity index (χ0n) is 12.4. The molecule has 1 saturated carbocycles. The van der Waals surface area contributed by atoms with Crippen LogP contribution in [0.15, 0.2) is 0 Å². The number of rotatable bonds is 3. The van der Waals surface area contributed by atoms with Crippen LogP contribution in [0.3, 0.4) is 0 Å². The summed E-state index contributed by atoms with van der Waals surface area (Å²) in [5, 5.41) is 0. The van der Waals surface area contributed by atoms with E-state index in [0.717, 1.165) is 31.0 Å². The van der Waals surface area contributed by atoms with E-state index in [4.69, 9.17) is 6.42 Å². The molecule has 1 heterocycles. The van der Waals surface area contributed by atoms with Gasteiger partial charge in [-0.1, -0.05) is 19.8 Å². The molecule has 2 rings (SSSR count). The summed E-state index contributed by atoms with van der Waals surface area (Å²) in [6.45, 7) is 13.7. The second kappa shape index (κ2) is 5.23. The van der Waals surface area contributed by atoms with Crippen molar-refractivity contribution in [3.63, 3.8) is 0 Å². The highest BCUT2D eigenvalue weighted by atomic mass is 15.3. The van der Waals surface area contributed by atoms with Crippen LogP contribution in [0, 0.1) is 24.2 Å². The van der Waals surface area contributed by atoms with Gasteiger partial charge in [-0.25, -0.2) is 0 Å². The first-order valence-corrected chi connectivity index (χ1v) is 7.36. The molecule has 2 heteroatoms. The zero-order valence-corrected chi connectivity index (χ0v) is 12.4. The minimum Gasteiger partial charge on any atom is -0.297 e. The van der Waals surface area contributed by atoms with Crippen molar-refractivity contribution >= 4 is 0 Å². The molecule has 2 fully saturated rings. The number of hydrogen-bond donors (Lipinski definition) is 0. The van der Waals surface area contributed by atoms with Gasteiger partial charge in [0, 0.05) is 31.2 Å². The maximum absolute atomic E-state index is 5.46. The minimum atomic E-state index is 0.230. The van der Waals surface area contributed by atoms with E-state index in [1.165, 1.54) is 25.9 Å². The van der Waals surface area contributed by atoms with Crippen LogP contribution in [0.25, 0.3) is 0 Å². The first-order chi connectivity index (χ1) is 8.44. The largest absolute Gasteiger partial charge is 0.297 e. The SMILES string of the molecule is C#CCN1CCN(C2CC(C(C)C)C2)CC1(C)C. The van der Waals surface area contributed by atoms with Crippen molar-refractivity contribution in [2.45, 2.75) is 52.1 Å². The van der Waals surface area contributed by atoms with Crippen LogP contribution in [0.1, 0.15) is 40.5 Å². The molecule has 0 radical (unpaired) electrons. The Hall–Kier alpha value is -0.520. The van der Waals surface area contributed by atoms with E-state index in [-0.39, 0.29) is 5.54 Å². The summed E-state index contributed by atoms with van der Waals surface area (Å²) >= 11 is 0. The van der Waals surface area contributed by atoms with Gasteiger partial charge in [-0.3, -0.25) is 9.80 Å². The summed E-state index contributed by atoms with van der Waals surface area (Å²) in [5.41, 5.74) is 0.230. The van der Waals surface area contributed by atoms with Crippen LogP contribution in [0.5, 0.6) is 0 Å². The van der Waals surface area contributed by atoms with Crippen molar-refractivity contribution in [1.82, 2.24) is 9.80 Å². The lowest BCUT2D eigenvalue weighted by Crippen LogP contribution is -2.63. The van der Waals surface area contributed by atoms with Crippen molar-refractivity contribution in [2.75, 3.05) is 26.2 Å². The summed E-state index contributed by atoms with van der Waals surface area (Å²) < 4.78 is 0. The number of hydrogen-bond acceptors (Lipinski definition) is 2. The summed E-state index contributed by atoms with van der Waals surface area (Å²) in [6, 6.07) is 0.838. The van der Waals surface area contributed by atoms with Crippen LogP contribution < -0.4 is 0 Å². The first kappa shape index (κ1) is 13.9. The molecular formula is C16H28N2. The van der Waals surface area contributed by atoms with Crippen molar-refractivity contribution in [1.29, 1.82) is 0 Å². The van der Waals surface area contributed by atoms with Crippen LogP contribution in [0.2, 0.25) is 0 Å². The third-order valence-electron chi connectivity index (χ3n) is 4.99. The Kier molecular flexibility index (Phi) is 4.04. The van der Waals surface area contributed by atoms with Gasteiger partial charge in [0.2, 0.25) is 0 Å². The van der Waals surface area contributed by atoms with Gasteiger partial charge < -0.3 is 0 Å². The fraction of sp³-hybridized carbons (Fsp3) is 0.875. The van der Waals surface area contributed by atoms with Crippen molar-refractivity contribution in [3.8, 4) is 12.3 Å². The molecule has 0 amide bonds. The van der Waals surface area contributed by atoms with E-state index in [1.807, 2.05) is 0 Å². The van der Waals surface area contributed by atoms with Gasteiger partial charge in [-0.05, 0) is 38.5 Å². The predicted octanol–water partition coefficient (Wildman–Crippen LogP) is 2.45. The van der Waals surface area contributed by atoms with Gasteiger partial charge in [0.05, 0.1) is 6.54 Å². The van der Waals surface area contributed by atoms with Gasteiger partial charge in [0.15, 0.2) is 0 Å². The van der Waals surface area contributed by atoms with E-state index >= 15 is 0 Å². The molecule has 1 aliphatic carbocycles. The fourth-order valence-corrected chi connectivity index (χ4v) is 3.42. The van der Waals surface area contributed by atoms with Crippen LogP contribution in [-0.2, 0) is 0 Å². The molecule has 2 aliphatic rings. The predicted molar refractivity (Wildman–Crippen MR) is 77.4 cm³/mol. The highest BCUT2D eigenvalue weighted by Crippen LogP contribution is 2.38. The van der Waals surface area contributed by atoms with Gasteiger partial charge in [0.1, 0.15) is 0 Å². The lowest BCUT2D eigenvalue weighted by molar-refractivity contribution is -0.0316. The third kappa shape index (κ3) is 2.73. The Morgan fingerprint density at radius 3 is 2.44 bits per heavy atom. The van der Waals surface area contributed by atoms with Crippen molar-refractivity contribution < 1.29 is 0 Å². The van der Waals surface area contributed by atoms with E-state index in [1.54, 1.807) is 0 Å². The molecule has 0 bridgehead atoms. The number of nitrogens with zero attached hydrogens (tertiary/aromatic N) is 2. The average Bonchev–Trinajstić information content (AvgIpc) is 2.18. The zero-order chi connectivity index (χ0) is 13.3. The second-order valence-corrected chi connectivity index (χ2v) is 7.04. The highest BCUT2D eigenvalue weighted by molar-refractivity contribution is 5.00. The van der Waals surface area contributed by atoms with Gasteiger partial charge >= 0.3 is 0 Å². The quantitative estimate of drug-likeness (QED) is 0.708. The lowest BCUT2D eigenvalue weighted by Gasteiger charge is -2.53. The summed E-state index contributed by atoms with van der Waals surface area (Å²) in [5.74, 6) is 4.61. The van der Waals surface area contributed by atoms with E-state index < -0.39 is 0 Å². The molecule has 0 unspecified atom stereocenters. The number of terminal acetylenes is 1. The molecule has 1 saturated heterocycles. The Morgan fingerprint density at radius 1 is 1.28 bits per heavy atom. The Balaban J connectivity index is 1.86. The van der Waals surface area contributed by atoms with Crippen molar-refractivity contribution in [2.24, 2.45) is 11.8 Å². The first-order valence-electron chi connectivity index (χ1n) is 7.36. The summed E-state index contributed by atoms with van der Waals surface area (Å²) in [4.78, 5) is 5.15. The third-order valence-corrected chi connectivity index (χ3v) is 4.99. The van der Waals surface area contributed by atoms with Crippen molar-refractivity contribution in [3.05, 3.63) is 0 Å². The number of piperazine rings is 1. The molecule has 0 spiro atoms. The molecular weight excluding hydrogens is 220 g/mol. The minimum absolute atomic E-state index is 0.230. The second-order valence-electron chi connectivity index (χ2n) is 7.04. The van der Waals surface area contributed by atoms with Gasteiger partial charge in [0.25, 0.3) is 0 Å². The smallest absolute Gasteiger partial charge is 0.0604 e. The fourth-order valence-electron chi connectivity index (χ4n) is 3.42. The summed E-state index contributed by atoms with van der Waals surface area (Å²) in [7, 11) is 0. The molecule has 2 nitrogen and oxygen atoms in total. The maximum Gasteiger partial charge on any atom is 0.0604 e. The monoisotopic (exact) mass is 248 g/mol. The van der Waals surface area contributed by atoms with Crippen LogP contribution >= 0.6 is 0 Å². The standard InChI is InChI=1S/C16H28N2/c1-6-7-18-9-8-17(12-16(18,4)5)15-10-14(11-15)13(2)3/h1,13-15H,7-12H2,2-5H3.